The van der Waals surface area contributed by atoms with Crippen molar-refractivity contribution in [2.75, 3.05) is 7.11 Å². The highest BCUT2D eigenvalue weighted by molar-refractivity contribution is 5.72. The van der Waals surface area contributed by atoms with E-state index < -0.39 is 0 Å². The van der Waals surface area contributed by atoms with Crippen LogP contribution in [0.2, 0.25) is 0 Å². The van der Waals surface area contributed by atoms with Crippen molar-refractivity contribution < 1.29 is 9.53 Å². The second kappa shape index (κ2) is 10.2. The van der Waals surface area contributed by atoms with Crippen LogP contribution < -0.4 is 0 Å². The van der Waals surface area contributed by atoms with Crippen molar-refractivity contribution in [2.24, 2.45) is 17.3 Å². The highest BCUT2D eigenvalue weighted by atomic mass is 16.5. The Morgan fingerprint density at radius 2 is 1.55 bits per heavy atom. The van der Waals surface area contributed by atoms with Gasteiger partial charge in [0.25, 0.3) is 0 Å². The summed E-state index contributed by atoms with van der Waals surface area (Å²) in [5.41, 5.74) is 0.629. The van der Waals surface area contributed by atoms with Gasteiger partial charge in [-0.15, -0.1) is 0 Å². The zero-order chi connectivity index (χ0) is 15.6. The molecule has 120 valence electrons. The third-order valence-corrected chi connectivity index (χ3v) is 4.64. The molecule has 0 aliphatic heterocycles. The third kappa shape index (κ3) is 5.85. The van der Waals surface area contributed by atoms with E-state index in [1.54, 1.807) is 0 Å². The quantitative estimate of drug-likeness (QED) is 0.617. The molecule has 0 unspecified atom stereocenters. The summed E-state index contributed by atoms with van der Waals surface area (Å²) >= 11 is 0. The van der Waals surface area contributed by atoms with Crippen molar-refractivity contribution in [3.8, 4) is 0 Å². The van der Waals surface area contributed by atoms with Gasteiger partial charge in [0, 0.05) is 0 Å². The normalized spacial score (nSPS) is 31.1. The largest absolute Gasteiger partial charge is 0.469 e. The molecule has 0 saturated heterocycles. The van der Waals surface area contributed by atoms with Crippen molar-refractivity contribution in [1.29, 1.82) is 0 Å². The molecule has 0 aromatic rings. The maximum atomic E-state index is 11.3. The molecule has 0 aromatic heterocycles. The molecular weight excluding hydrogens is 248 g/mol. The minimum Gasteiger partial charge on any atom is -0.469 e. The standard InChI is InChI=1S/C12H20O2.C4H10.C2H6/c1-9-7-12(8-9)5-3-10(4-6-12)11(13)14-2;1-3-4-2;1-2/h9-10H,3-8H2,1-2H3;3-4H2,1-2H3;1-2H3. The lowest BCUT2D eigenvalue weighted by molar-refractivity contribution is -0.148. The Labute approximate surface area is 126 Å². The van der Waals surface area contributed by atoms with Gasteiger partial charge in [-0.2, -0.15) is 0 Å². The smallest absolute Gasteiger partial charge is 0.308 e. The fourth-order valence-corrected chi connectivity index (χ4v) is 3.46. The Hall–Kier alpha value is -0.530. The number of rotatable bonds is 2. The lowest BCUT2D eigenvalue weighted by Gasteiger charge is -2.50. The zero-order valence-electron chi connectivity index (χ0n) is 14.6. The number of hydrogen-bond acceptors (Lipinski definition) is 2. The molecule has 2 nitrogen and oxygen atoms in total. The molecule has 2 aliphatic rings. The van der Waals surface area contributed by atoms with Crippen molar-refractivity contribution in [3.63, 3.8) is 0 Å². The predicted octanol–water partition coefficient (Wildman–Crippen LogP) is 5.60. The summed E-state index contributed by atoms with van der Waals surface area (Å²) in [5.74, 6) is 1.12. The third-order valence-electron chi connectivity index (χ3n) is 4.64. The maximum absolute atomic E-state index is 11.3. The molecule has 1 spiro atoms. The molecule has 0 heterocycles. The number of ether oxygens (including phenoxy) is 1. The Kier molecular flexibility index (Phi) is 9.96. The van der Waals surface area contributed by atoms with Crippen LogP contribution in [-0.2, 0) is 9.53 Å². The monoisotopic (exact) mass is 284 g/mol. The average Bonchev–Trinajstić information content (AvgIpc) is 2.48. The highest BCUT2D eigenvalue weighted by Gasteiger charge is 2.45. The molecule has 2 heteroatoms. The van der Waals surface area contributed by atoms with Gasteiger partial charge < -0.3 is 4.74 Å². The maximum Gasteiger partial charge on any atom is 0.308 e. The van der Waals surface area contributed by atoms with Gasteiger partial charge in [-0.3, -0.25) is 4.79 Å². The van der Waals surface area contributed by atoms with E-state index in [-0.39, 0.29) is 11.9 Å². The van der Waals surface area contributed by atoms with E-state index in [4.69, 9.17) is 4.74 Å². The summed E-state index contributed by atoms with van der Waals surface area (Å²) < 4.78 is 4.79. The predicted molar refractivity (Wildman–Crippen MR) is 86.7 cm³/mol. The number of unbranched alkanes of at least 4 members (excludes halogenated alkanes) is 1. The molecule has 0 amide bonds. The molecule has 2 saturated carbocycles. The van der Waals surface area contributed by atoms with Crippen molar-refractivity contribution in [3.05, 3.63) is 0 Å². The van der Waals surface area contributed by atoms with Gasteiger partial charge in [-0.25, -0.2) is 0 Å². The minimum absolute atomic E-state index is 0.00669. The number of hydrogen-bond donors (Lipinski definition) is 0. The van der Waals surface area contributed by atoms with Gasteiger partial charge in [0.1, 0.15) is 0 Å². The van der Waals surface area contributed by atoms with Crippen molar-refractivity contribution in [1.82, 2.24) is 0 Å². The van der Waals surface area contributed by atoms with Gasteiger partial charge >= 0.3 is 5.97 Å². The average molecular weight is 284 g/mol. The van der Waals surface area contributed by atoms with Gasteiger partial charge in [0.15, 0.2) is 0 Å². The fourth-order valence-electron chi connectivity index (χ4n) is 3.46. The van der Waals surface area contributed by atoms with Crippen LogP contribution in [0, 0.1) is 17.3 Å². The topological polar surface area (TPSA) is 26.3 Å². The molecule has 2 fully saturated rings. The molecule has 0 N–H and O–H groups in total. The van der Waals surface area contributed by atoms with Crippen LogP contribution in [0.4, 0.5) is 0 Å². The lowest BCUT2D eigenvalue weighted by atomic mass is 9.55. The summed E-state index contributed by atoms with van der Waals surface area (Å²) in [5, 5.41) is 0. The van der Waals surface area contributed by atoms with E-state index in [2.05, 4.69) is 20.8 Å². The summed E-state index contributed by atoms with van der Waals surface area (Å²) in [4.78, 5) is 11.3. The summed E-state index contributed by atoms with van der Waals surface area (Å²) in [6.07, 6.45) is 10.0. The number of esters is 1. The molecular formula is C18H36O2. The number of methoxy groups -OCH3 is 1. The van der Waals surface area contributed by atoms with Crippen LogP contribution >= 0.6 is 0 Å². The van der Waals surface area contributed by atoms with E-state index in [0.717, 1.165) is 18.8 Å². The Balaban J connectivity index is 0.000000521. The summed E-state index contributed by atoms with van der Waals surface area (Å²) in [6, 6.07) is 0. The molecule has 0 bridgehead atoms. The van der Waals surface area contributed by atoms with Gasteiger partial charge in [-0.05, 0) is 49.9 Å². The van der Waals surface area contributed by atoms with Gasteiger partial charge in [0.2, 0.25) is 0 Å². The first-order valence-electron chi connectivity index (χ1n) is 8.64. The summed E-state index contributed by atoms with van der Waals surface area (Å²) in [6.45, 7) is 10.7. The van der Waals surface area contributed by atoms with Crippen LogP contribution in [0.25, 0.3) is 0 Å². The molecule has 0 atom stereocenters. The van der Waals surface area contributed by atoms with Crippen LogP contribution in [0.5, 0.6) is 0 Å². The van der Waals surface area contributed by atoms with E-state index in [0.29, 0.717) is 5.41 Å². The second-order valence-corrected chi connectivity index (χ2v) is 6.31. The highest BCUT2D eigenvalue weighted by Crippen LogP contribution is 2.55. The molecule has 2 aliphatic carbocycles. The first-order chi connectivity index (χ1) is 9.56. The molecule has 0 radical (unpaired) electrons. The van der Waals surface area contributed by atoms with Crippen LogP contribution in [0.3, 0.4) is 0 Å². The fraction of sp³-hybridized carbons (Fsp3) is 0.944. The minimum atomic E-state index is 0.00669. The van der Waals surface area contributed by atoms with E-state index in [9.17, 15) is 4.79 Å². The van der Waals surface area contributed by atoms with Gasteiger partial charge in [0.05, 0.1) is 13.0 Å². The first kappa shape index (κ1) is 19.5. The Bertz CT molecular complexity index is 242. The lowest BCUT2D eigenvalue weighted by Crippen LogP contribution is -2.40. The van der Waals surface area contributed by atoms with Crippen molar-refractivity contribution in [2.45, 2.75) is 86.0 Å². The second-order valence-electron chi connectivity index (χ2n) is 6.31. The number of carbonyl (C=O) groups is 1. The Morgan fingerprint density at radius 3 is 1.85 bits per heavy atom. The van der Waals surface area contributed by atoms with Gasteiger partial charge in [-0.1, -0.05) is 47.5 Å². The van der Waals surface area contributed by atoms with Crippen molar-refractivity contribution >= 4 is 5.97 Å². The van der Waals surface area contributed by atoms with E-state index >= 15 is 0 Å². The van der Waals surface area contributed by atoms with Crippen LogP contribution in [0.1, 0.15) is 86.0 Å². The molecule has 20 heavy (non-hydrogen) atoms. The number of carbonyl (C=O) groups excluding carboxylic acids is 1. The summed E-state index contributed by atoms with van der Waals surface area (Å²) in [7, 11) is 1.50. The SMILES string of the molecule is CC.CCCC.COC(=O)C1CCC2(CC1)CC(C)C2. The van der Waals surface area contributed by atoms with E-state index in [1.165, 1.54) is 45.6 Å². The van der Waals surface area contributed by atoms with Crippen LogP contribution in [-0.4, -0.2) is 13.1 Å². The first-order valence-corrected chi connectivity index (χ1v) is 8.64. The molecule has 2 rings (SSSR count). The van der Waals surface area contributed by atoms with E-state index in [1.807, 2.05) is 13.8 Å². The zero-order valence-corrected chi connectivity index (χ0v) is 14.6. The van der Waals surface area contributed by atoms with Crippen LogP contribution in [0.15, 0.2) is 0 Å². The Morgan fingerprint density at radius 1 is 1.10 bits per heavy atom. The molecule has 0 aromatic carbocycles.